The molecule has 0 N–H and O–H groups in total. The fourth-order valence-electron chi connectivity index (χ4n) is 1.07. The Hall–Kier alpha value is -1.14. The van der Waals surface area contributed by atoms with Gasteiger partial charge in [0, 0.05) is 14.2 Å². The van der Waals surface area contributed by atoms with Gasteiger partial charge in [-0.15, -0.1) is 0 Å². The van der Waals surface area contributed by atoms with Gasteiger partial charge in [-0.2, -0.15) is 0 Å². The van der Waals surface area contributed by atoms with Gasteiger partial charge in [0.1, 0.15) is 13.2 Å². The third-order valence-electron chi connectivity index (χ3n) is 1.84. The molecule has 0 aliphatic carbocycles. The van der Waals surface area contributed by atoms with E-state index in [2.05, 4.69) is 9.47 Å². The summed E-state index contributed by atoms with van der Waals surface area (Å²) in [5.41, 5.74) is 0. The zero-order chi connectivity index (χ0) is 12.9. The van der Waals surface area contributed by atoms with E-state index in [0.29, 0.717) is 13.2 Å². The van der Waals surface area contributed by atoms with Crippen LogP contribution < -0.4 is 0 Å². The molecule has 0 aromatic carbocycles. The highest BCUT2D eigenvalue weighted by Crippen LogP contribution is 1.97. The van der Waals surface area contributed by atoms with Crippen LogP contribution in [0.2, 0.25) is 0 Å². The number of carbonyl (C=O) groups is 2. The molecule has 0 heterocycles. The minimum atomic E-state index is -0.362. The first-order valence-electron chi connectivity index (χ1n) is 5.49. The number of hydrogen-bond donors (Lipinski definition) is 0. The lowest BCUT2D eigenvalue weighted by Gasteiger charge is -2.05. The number of hydrogen-bond acceptors (Lipinski definition) is 6. The van der Waals surface area contributed by atoms with Gasteiger partial charge >= 0.3 is 11.9 Å². The van der Waals surface area contributed by atoms with Crippen LogP contribution in [-0.4, -0.2) is 52.6 Å². The van der Waals surface area contributed by atoms with Crippen LogP contribution in [0.4, 0.5) is 0 Å². The molecule has 0 fully saturated rings. The predicted octanol–water partition coefficient (Wildman–Crippen LogP) is 0.536. The Kier molecular flexibility index (Phi) is 10.6. The van der Waals surface area contributed by atoms with Gasteiger partial charge in [-0.05, 0) is 19.3 Å². The summed E-state index contributed by atoms with van der Waals surface area (Å²) >= 11 is 0. The van der Waals surface area contributed by atoms with E-state index in [1.807, 2.05) is 0 Å². The molecule has 0 aromatic heterocycles. The summed E-state index contributed by atoms with van der Waals surface area (Å²) in [4.78, 5) is 21.7. The lowest BCUT2D eigenvalue weighted by atomic mass is 10.2. The second kappa shape index (κ2) is 11.3. The Labute approximate surface area is 101 Å². The Morgan fingerprint density at radius 1 is 0.765 bits per heavy atom. The smallest absolute Gasteiger partial charge is 0.332 e. The van der Waals surface area contributed by atoms with Gasteiger partial charge in [0.05, 0.1) is 13.2 Å². The van der Waals surface area contributed by atoms with Crippen LogP contribution in [0.5, 0.6) is 0 Å². The molecule has 0 saturated carbocycles. The third-order valence-corrected chi connectivity index (χ3v) is 1.84. The monoisotopic (exact) mass is 248 g/mol. The summed E-state index contributed by atoms with van der Waals surface area (Å²) in [5, 5.41) is 0. The quantitative estimate of drug-likeness (QED) is 0.415. The van der Waals surface area contributed by atoms with Crippen molar-refractivity contribution in [1.82, 2.24) is 0 Å². The van der Waals surface area contributed by atoms with Crippen molar-refractivity contribution in [3.63, 3.8) is 0 Å². The topological polar surface area (TPSA) is 71.1 Å². The first-order valence-corrected chi connectivity index (χ1v) is 5.49. The lowest BCUT2D eigenvalue weighted by molar-refractivity contribution is -0.148. The highest BCUT2D eigenvalue weighted by molar-refractivity contribution is 5.70. The summed E-state index contributed by atoms with van der Waals surface area (Å²) in [7, 11) is 2.88. The van der Waals surface area contributed by atoms with Gasteiger partial charge in [-0.1, -0.05) is 0 Å². The maximum atomic E-state index is 10.9. The van der Waals surface area contributed by atoms with E-state index in [0.717, 1.165) is 19.3 Å². The molecule has 0 saturated heterocycles. The van der Waals surface area contributed by atoms with Gasteiger partial charge < -0.3 is 18.9 Å². The summed E-state index contributed by atoms with van der Waals surface area (Å²) in [6.07, 6.45) is 2.33. The summed E-state index contributed by atoms with van der Waals surface area (Å²) in [6, 6.07) is 0. The number of unbranched alkanes of at least 4 members (excludes halogenated alkanes) is 2. The molecule has 6 nitrogen and oxygen atoms in total. The van der Waals surface area contributed by atoms with Crippen molar-refractivity contribution in [3.05, 3.63) is 0 Å². The first kappa shape index (κ1) is 15.9. The van der Waals surface area contributed by atoms with Crippen molar-refractivity contribution in [2.75, 3.05) is 40.6 Å². The van der Waals surface area contributed by atoms with Crippen molar-refractivity contribution in [3.8, 4) is 0 Å². The molecule has 17 heavy (non-hydrogen) atoms. The lowest BCUT2D eigenvalue weighted by Crippen LogP contribution is -2.13. The van der Waals surface area contributed by atoms with Crippen LogP contribution in [0.25, 0.3) is 0 Å². The van der Waals surface area contributed by atoms with Crippen LogP contribution in [-0.2, 0) is 28.5 Å². The van der Waals surface area contributed by atoms with Crippen LogP contribution in [0.15, 0.2) is 0 Å². The van der Waals surface area contributed by atoms with Crippen LogP contribution in [0.1, 0.15) is 19.3 Å². The second-order valence-corrected chi connectivity index (χ2v) is 3.37. The van der Waals surface area contributed by atoms with Gasteiger partial charge in [-0.3, -0.25) is 0 Å². The number of esters is 2. The highest BCUT2D eigenvalue weighted by atomic mass is 16.6. The van der Waals surface area contributed by atoms with Crippen molar-refractivity contribution in [2.45, 2.75) is 19.3 Å². The SMILES string of the molecule is COCC(=O)OCCCCCOC(=O)COC. The molecular weight excluding hydrogens is 228 g/mol. The maximum Gasteiger partial charge on any atom is 0.332 e. The molecule has 0 aliphatic rings. The first-order chi connectivity index (χ1) is 8.20. The minimum Gasteiger partial charge on any atom is -0.464 e. The normalized spacial score (nSPS) is 10.0. The van der Waals surface area contributed by atoms with E-state index in [9.17, 15) is 9.59 Å². The maximum absolute atomic E-state index is 10.9. The van der Waals surface area contributed by atoms with Gasteiger partial charge in [0.15, 0.2) is 0 Å². The average molecular weight is 248 g/mol. The van der Waals surface area contributed by atoms with E-state index in [1.54, 1.807) is 0 Å². The number of methoxy groups -OCH3 is 2. The molecule has 0 aliphatic heterocycles. The van der Waals surface area contributed by atoms with Crippen molar-refractivity contribution in [2.24, 2.45) is 0 Å². The molecule has 0 radical (unpaired) electrons. The molecule has 0 rings (SSSR count). The van der Waals surface area contributed by atoms with Crippen LogP contribution >= 0.6 is 0 Å². The van der Waals surface area contributed by atoms with Crippen molar-refractivity contribution in [1.29, 1.82) is 0 Å². The molecule has 0 unspecified atom stereocenters. The third kappa shape index (κ3) is 11.1. The van der Waals surface area contributed by atoms with Crippen molar-refractivity contribution < 1.29 is 28.5 Å². The second-order valence-electron chi connectivity index (χ2n) is 3.37. The van der Waals surface area contributed by atoms with Gasteiger partial charge in [0.25, 0.3) is 0 Å². The average Bonchev–Trinajstić information content (AvgIpc) is 2.28. The Morgan fingerprint density at radius 2 is 1.18 bits per heavy atom. The molecule has 100 valence electrons. The molecule has 0 aromatic rings. The van der Waals surface area contributed by atoms with E-state index in [4.69, 9.17) is 9.47 Å². The van der Waals surface area contributed by atoms with Crippen LogP contribution in [0.3, 0.4) is 0 Å². The molecule has 0 atom stereocenters. The number of carbonyl (C=O) groups excluding carboxylic acids is 2. The summed E-state index contributed by atoms with van der Waals surface area (Å²) in [5.74, 6) is -0.724. The van der Waals surface area contributed by atoms with Crippen molar-refractivity contribution >= 4 is 11.9 Å². The fourth-order valence-corrected chi connectivity index (χ4v) is 1.07. The van der Waals surface area contributed by atoms with Crippen LogP contribution in [0, 0.1) is 0 Å². The Bertz CT molecular complexity index is 194. The van der Waals surface area contributed by atoms with Gasteiger partial charge in [0.2, 0.25) is 0 Å². The standard InChI is InChI=1S/C11H20O6/c1-14-8-10(12)16-6-4-3-5-7-17-11(13)9-15-2/h3-9H2,1-2H3. The predicted molar refractivity (Wildman–Crippen MR) is 59.5 cm³/mol. The molecule has 6 heteroatoms. The molecular formula is C11H20O6. The zero-order valence-electron chi connectivity index (χ0n) is 10.4. The largest absolute Gasteiger partial charge is 0.464 e. The van der Waals surface area contributed by atoms with E-state index < -0.39 is 0 Å². The zero-order valence-corrected chi connectivity index (χ0v) is 10.4. The van der Waals surface area contributed by atoms with Gasteiger partial charge in [-0.25, -0.2) is 9.59 Å². The number of ether oxygens (including phenoxy) is 4. The number of rotatable bonds is 10. The van der Waals surface area contributed by atoms with E-state index in [1.165, 1.54) is 14.2 Å². The van der Waals surface area contributed by atoms with E-state index in [-0.39, 0.29) is 25.2 Å². The molecule has 0 spiro atoms. The highest BCUT2D eigenvalue weighted by Gasteiger charge is 2.02. The summed E-state index contributed by atoms with van der Waals surface area (Å²) in [6.45, 7) is 0.700. The minimum absolute atomic E-state index is 0.0192. The van der Waals surface area contributed by atoms with E-state index >= 15 is 0 Å². The molecule has 0 bridgehead atoms. The molecule has 0 amide bonds. The summed E-state index contributed by atoms with van der Waals surface area (Å²) < 4.78 is 18.9. The Balaban J connectivity index is 3.18. The Morgan fingerprint density at radius 3 is 1.53 bits per heavy atom. The fraction of sp³-hybridized carbons (Fsp3) is 0.818.